The number of nitrogen functional groups attached to an aromatic ring is 1. The Morgan fingerprint density at radius 1 is 1.42 bits per heavy atom. The lowest BCUT2D eigenvalue weighted by Crippen LogP contribution is -2.44. The van der Waals surface area contributed by atoms with E-state index in [4.69, 9.17) is 20.3 Å². The van der Waals surface area contributed by atoms with E-state index in [0.717, 1.165) is 0 Å². The largest absolute Gasteiger partial charge is 0.497 e. The summed E-state index contributed by atoms with van der Waals surface area (Å²) in [6.07, 6.45) is 0. The van der Waals surface area contributed by atoms with Gasteiger partial charge in [-0.05, 0) is 18.2 Å². The summed E-state index contributed by atoms with van der Waals surface area (Å²) in [4.78, 5) is 22.9. The van der Waals surface area contributed by atoms with Gasteiger partial charge in [-0.1, -0.05) is 0 Å². The Balaban J connectivity index is 2.90. The van der Waals surface area contributed by atoms with E-state index in [9.17, 15) is 9.59 Å². The first-order chi connectivity index (χ1) is 8.99. The number of anilines is 1. The van der Waals surface area contributed by atoms with Crippen molar-refractivity contribution in [3.8, 4) is 5.75 Å². The molecule has 1 amide bonds. The molecule has 0 bridgehead atoms. The average molecular weight is 268 g/mol. The summed E-state index contributed by atoms with van der Waals surface area (Å²) < 4.78 is 9.71. The number of amides is 1. The third-order valence-electron chi connectivity index (χ3n) is 2.44. The second kappa shape index (κ2) is 6.60. The van der Waals surface area contributed by atoms with Gasteiger partial charge < -0.3 is 25.6 Å². The Morgan fingerprint density at radius 2 is 2.11 bits per heavy atom. The zero-order chi connectivity index (χ0) is 14.4. The second-order valence-electron chi connectivity index (χ2n) is 3.77. The van der Waals surface area contributed by atoms with Crippen LogP contribution < -0.4 is 15.8 Å². The number of nitrogens with two attached hydrogens (primary N) is 1. The monoisotopic (exact) mass is 268 g/mol. The van der Waals surface area contributed by atoms with Crippen molar-refractivity contribution in [3.05, 3.63) is 23.8 Å². The normalized spacial score (nSPS) is 11.7. The molecule has 19 heavy (non-hydrogen) atoms. The molecule has 7 heteroatoms. The Morgan fingerprint density at radius 3 is 2.63 bits per heavy atom. The van der Waals surface area contributed by atoms with Crippen LogP contribution in [0.4, 0.5) is 5.69 Å². The summed E-state index contributed by atoms with van der Waals surface area (Å²) in [7, 11) is 2.81. The summed E-state index contributed by atoms with van der Waals surface area (Å²) in [5, 5.41) is 11.2. The van der Waals surface area contributed by atoms with Crippen LogP contribution in [-0.4, -0.2) is 43.9 Å². The summed E-state index contributed by atoms with van der Waals surface area (Å²) >= 11 is 0. The summed E-state index contributed by atoms with van der Waals surface area (Å²) in [5.74, 6) is -1.32. The number of carbonyl (C=O) groups is 2. The van der Waals surface area contributed by atoms with Gasteiger partial charge in [0.25, 0.3) is 5.91 Å². The highest BCUT2D eigenvalue weighted by molar-refractivity contribution is 6.01. The van der Waals surface area contributed by atoms with Crippen LogP contribution in [0.3, 0.4) is 0 Å². The smallest absolute Gasteiger partial charge is 0.328 e. The molecular formula is C12H16N2O5. The maximum absolute atomic E-state index is 12.0. The van der Waals surface area contributed by atoms with Crippen LogP contribution in [0.2, 0.25) is 0 Å². The lowest BCUT2D eigenvalue weighted by molar-refractivity contribution is -0.140. The maximum Gasteiger partial charge on any atom is 0.328 e. The molecule has 0 spiro atoms. The number of carboxylic acids is 1. The minimum absolute atomic E-state index is 0.134. The standard InChI is InChI=1S/C12H16N2O5/c1-18-6-10(12(16)17)14-11(15)8-5-7(19-2)3-4-9(8)13/h3-5,10H,6,13H2,1-2H3,(H,14,15)(H,16,17). The maximum atomic E-state index is 12.0. The van der Waals surface area contributed by atoms with Crippen LogP contribution >= 0.6 is 0 Å². The van der Waals surface area contributed by atoms with Gasteiger partial charge in [-0.3, -0.25) is 4.79 Å². The highest BCUT2D eigenvalue weighted by atomic mass is 16.5. The predicted octanol–water partition coefficient (Wildman–Crippen LogP) is 0.107. The van der Waals surface area contributed by atoms with Crippen molar-refractivity contribution in [1.29, 1.82) is 0 Å². The predicted molar refractivity (Wildman–Crippen MR) is 68.2 cm³/mol. The molecule has 0 aliphatic heterocycles. The highest BCUT2D eigenvalue weighted by Gasteiger charge is 2.21. The molecule has 0 fully saturated rings. The molecule has 0 saturated heterocycles. The lowest BCUT2D eigenvalue weighted by Gasteiger charge is -2.14. The van der Waals surface area contributed by atoms with E-state index in [1.807, 2.05) is 0 Å². The minimum atomic E-state index is -1.18. The van der Waals surface area contributed by atoms with Gasteiger partial charge >= 0.3 is 5.97 Å². The van der Waals surface area contributed by atoms with Crippen molar-refractivity contribution in [3.63, 3.8) is 0 Å². The molecule has 0 aliphatic carbocycles. The zero-order valence-corrected chi connectivity index (χ0v) is 10.7. The van der Waals surface area contributed by atoms with Crippen molar-refractivity contribution < 1.29 is 24.2 Å². The van der Waals surface area contributed by atoms with Gasteiger partial charge in [0.1, 0.15) is 5.75 Å². The van der Waals surface area contributed by atoms with Crippen LogP contribution in [-0.2, 0) is 9.53 Å². The first-order valence-electron chi connectivity index (χ1n) is 5.45. The topological polar surface area (TPSA) is 111 Å². The number of benzene rings is 1. The Labute approximate surface area is 110 Å². The van der Waals surface area contributed by atoms with Gasteiger partial charge in [0.2, 0.25) is 0 Å². The van der Waals surface area contributed by atoms with E-state index in [2.05, 4.69) is 5.32 Å². The van der Waals surface area contributed by atoms with Gasteiger partial charge in [-0.15, -0.1) is 0 Å². The number of hydrogen-bond donors (Lipinski definition) is 3. The minimum Gasteiger partial charge on any atom is -0.497 e. The van der Waals surface area contributed by atoms with Crippen molar-refractivity contribution in [2.45, 2.75) is 6.04 Å². The lowest BCUT2D eigenvalue weighted by atomic mass is 10.1. The van der Waals surface area contributed by atoms with Crippen molar-refractivity contribution in [2.75, 3.05) is 26.6 Å². The number of ether oxygens (including phenoxy) is 2. The van der Waals surface area contributed by atoms with Crippen LogP contribution in [0.5, 0.6) is 5.75 Å². The quantitative estimate of drug-likeness (QED) is 0.631. The Kier molecular flexibility index (Phi) is 5.13. The van der Waals surface area contributed by atoms with Gasteiger partial charge in [0, 0.05) is 12.8 Å². The van der Waals surface area contributed by atoms with E-state index < -0.39 is 17.9 Å². The molecule has 0 heterocycles. The molecule has 1 aromatic carbocycles. The van der Waals surface area contributed by atoms with Gasteiger partial charge in [0.05, 0.1) is 19.3 Å². The third-order valence-corrected chi connectivity index (χ3v) is 2.44. The molecule has 7 nitrogen and oxygen atoms in total. The van der Waals surface area contributed by atoms with E-state index in [1.165, 1.54) is 26.4 Å². The molecule has 1 rings (SSSR count). The summed E-state index contributed by atoms with van der Waals surface area (Å²) in [5.41, 5.74) is 6.07. The molecule has 0 aromatic heterocycles. The van der Waals surface area contributed by atoms with Crippen LogP contribution in [0.15, 0.2) is 18.2 Å². The number of hydrogen-bond acceptors (Lipinski definition) is 5. The number of aliphatic carboxylic acids is 1. The molecular weight excluding hydrogens is 252 g/mol. The molecule has 1 unspecified atom stereocenters. The number of carbonyl (C=O) groups excluding carboxylic acids is 1. The molecule has 0 aliphatic rings. The van der Waals surface area contributed by atoms with Crippen LogP contribution in [0.1, 0.15) is 10.4 Å². The number of methoxy groups -OCH3 is 2. The number of carboxylic acid groups (broad SMARTS) is 1. The van der Waals surface area contributed by atoms with Crippen LogP contribution in [0, 0.1) is 0 Å². The van der Waals surface area contributed by atoms with Gasteiger partial charge in [-0.25, -0.2) is 4.79 Å². The van der Waals surface area contributed by atoms with E-state index in [0.29, 0.717) is 5.75 Å². The van der Waals surface area contributed by atoms with E-state index in [1.54, 1.807) is 6.07 Å². The first kappa shape index (κ1) is 14.8. The fourth-order valence-corrected chi connectivity index (χ4v) is 1.44. The average Bonchev–Trinajstić information content (AvgIpc) is 2.38. The van der Waals surface area contributed by atoms with E-state index >= 15 is 0 Å². The van der Waals surface area contributed by atoms with Crippen molar-refractivity contribution in [1.82, 2.24) is 5.32 Å². The van der Waals surface area contributed by atoms with Crippen molar-refractivity contribution >= 4 is 17.6 Å². The summed E-state index contributed by atoms with van der Waals surface area (Å²) in [6.45, 7) is -0.134. The number of nitrogens with one attached hydrogen (secondary N) is 1. The third kappa shape index (κ3) is 3.85. The fourth-order valence-electron chi connectivity index (χ4n) is 1.44. The Bertz CT molecular complexity index is 475. The molecule has 0 saturated carbocycles. The van der Waals surface area contributed by atoms with E-state index in [-0.39, 0.29) is 17.9 Å². The molecule has 104 valence electrons. The zero-order valence-electron chi connectivity index (χ0n) is 10.7. The van der Waals surface area contributed by atoms with Crippen molar-refractivity contribution in [2.24, 2.45) is 0 Å². The molecule has 0 radical (unpaired) electrons. The molecule has 1 atom stereocenters. The second-order valence-corrected chi connectivity index (χ2v) is 3.77. The SMILES string of the molecule is COCC(NC(=O)c1cc(OC)ccc1N)C(=O)O. The van der Waals surface area contributed by atoms with Gasteiger partial charge in [-0.2, -0.15) is 0 Å². The Hall–Kier alpha value is -2.28. The number of rotatable bonds is 6. The molecule has 4 N–H and O–H groups in total. The summed E-state index contributed by atoms with van der Waals surface area (Å²) in [6, 6.07) is 3.43. The highest BCUT2D eigenvalue weighted by Crippen LogP contribution is 2.19. The van der Waals surface area contributed by atoms with Crippen LogP contribution in [0.25, 0.3) is 0 Å². The fraction of sp³-hybridized carbons (Fsp3) is 0.333. The first-order valence-corrected chi connectivity index (χ1v) is 5.45. The molecule has 1 aromatic rings. The van der Waals surface area contributed by atoms with Gasteiger partial charge in [0.15, 0.2) is 6.04 Å².